The first-order valence-electron chi connectivity index (χ1n) is 9.70. The van der Waals surface area contributed by atoms with Gasteiger partial charge in [0.2, 0.25) is 5.82 Å². The minimum Gasteiger partial charge on any atom is -0.490 e. The maximum atomic E-state index is 14.7. The highest BCUT2D eigenvalue weighted by atomic mass is 19.2. The standard InChI is InChI=1S/C23H25F3O2/c1-3-5-15-6-10-20(28-14-15)18-8-7-16(13-19(18)24)17-9-11-21(27-12-4-2)23(26)22(17)25/h3,5,7-9,11,13,15,20H,4,6,10,12,14H2,1-2H3/b5-3+. The lowest BCUT2D eigenvalue weighted by Gasteiger charge is -2.28. The number of rotatable bonds is 6. The molecule has 0 aliphatic carbocycles. The zero-order chi connectivity index (χ0) is 20.1. The molecule has 2 aromatic carbocycles. The van der Waals surface area contributed by atoms with Crippen LogP contribution < -0.4 is 4.74 Å². The van der Waals surface area contributed by atoms with E-state index in [9.17, 15) is 13.2 Å². The van der Waals surface area contributed by atoms with Crippen LogP contribution in [0.15, 0.2) is 42.5 Å². The first-order chi connectivity index (χ1) is 13.5. The van der Waals surface area contributed by atoms with Gasteiger partial charge in [-0.05, 0) is 49.9 Å². The van der Waals surface area contributed by atoms with Crippen LogP contribution in [0.3, 0.4) is 0 Å². The van der Waals surface area contributed by atoms with Crippen LogP contribution in [-0.2, 0) is 4.74 Å². The van der Waals surface area contributed by atoms with Gasteiger partial charge in [0, 0.05) is 17.0 Å². The van der Waals surface area contributed by atoms with Crippen LogP contribution >= 0.6 is 0 Å². The van der Waals surface area contributed by atoms with Crippen molar-refractivity contribution in [1.82, 2.24) is 0 Å². The van der Waals surface area contributed by atoms with Crippen molar-refractivity contribution in [2.45, 2.75) is 39.2 Å². The fraction of sp³-hybridized carbons (Fsp3) is 0.391. The van der Waals surface area contributed by atoms with Crippen molar-refractivity contribution in [2.75, 3.05) is 13.2 Å². The van der Waals surface area contributed by atoms with Crippen molar-refractivity contribution in [3.05, 3.63) is 65.5 Å². The topological polar surface area (TPSA) is 18.5 Å². The third-order valence-electron chi connectivity index (χ3n) is 4.94. The van der Waals surface area contributed by atoms with E-state index in [2.05, 4.69) is 6.08 Å². The maximum Gasteiger partial charge on any atom is 0.201 e. The molecule has 3 rings (SSSR count). The predicted octanol–water partition coefficient (Wildman–Crippen LogP) is 6.60. The zero-order valence-electron chi connectivity index (χ0n) is 16.2. The van der Waals surface area contributed by atoms with Crippen LogP contribution in [0.25, 0.3) is 11.1 Å². The van der Waals surface area contributed by atoms with E-state index in [1.807, 2.05) is 19.9 Å². The van der Waals surface area contributed by atoms with Gasteiger partial charge in [0.1, 0.15) is 5.82 Å². The fourth-order valence-corrected chi connectivity index (χ4v) is 3.48. The highest BCUT2D eigenvalue weighted by Gasteiger charge is 2.24. The first-order valence-corrected chi connectivity index (χ1v) is 9.70. The zero-order valence-corrected chi connectivity index (χ0v) is 16.2. The van der Waals surface area contributed by atoms with Gasteiger partial charge < -0.3 is 9.47 Å². The lowest BCUT2D eigenvalue weighted by atomic mass is 9.93. The van der Waals surface area contributed by atoms with Crippen molar-refractivity contribution < 1.29 is 22.6 Å². The Morgan fingerprint density at radius 2 is 1.93 bits per heavy atom. The summed E-state index contributed by atoms with van der Waals surface area (Å²) in [4.78, 5) is 0. The minimum atomic E-state index is -1.05. The molecule has 150 valence electrons. The molecule has 2 nitrogen and oxygen atoms in total. The third-order valence-corrected chi connectivity index (χ3v) is 4.94. The number of allylic oxidation sites excluding steroid dienone is 1. The highest BCUT2D eigenvalue weighted by molar-refractivity contribution is 5.66. The number of ether oxygens (including phenoxy) is 2. The summed E-state index contributed by atoms with van der Waals surface area (Å²) in [6.45, 7) is 4.70. The van der Waals surface area contributed by atoms with Gasteiger partial charge in [0.05, 0.1) is 19.3 Å². The molecule has 0 N–H and O–H groups in total. The Balaban J connectivity index is 1.80. The normalized spacial score (nSPS) is 19.9. The lowest BCUT2D eigenvalue weighted by molar-refractivity contribution is -0.00711. The second-order valence-electron chi connectivity index (χ2n) is 7.01. The summed E-state index contributed by atoms with van der Waals surface area (Å²) in [6.07, 6.45) is 6.11. The average Bonchev–Trinajstić information content (AvgIpc) is 2.70. The van der Waals surface area contributed by atoms with Gasteiger partial charge >= 0.3 is 0 Å². The van der Waals surface area contributed by atoms with E-state index >= 15 is 0 Å². The molecular weight excluding hydrogens is 365 g/mol. The largest absolute Gasteiger partial charge is 0.490 e. The Hall–Kier alpha value is -2.27. The molecule has 5 heteroatoms. The molecule has 0 spiro atoms. The van der Waals surface area contributed by atoms with E-state index in [4.69, 9.17) is 9.47 Å². The Morgan fingerprint density at radius 3 is 2.57 bits per heavy atom. The van der Waals surface area contributed by atoms with Crippen LogP contribution in [0.4, 0.5) is 13.2 Å². The Morgan fingerprint density at radius 1 is 1.11 bits per heavy atom. The predicted molar refractivity (Wildman–Crippen MR) is 104 cm³/mol. The van der Waals surface area contributed by atoms with Gasteiger partial charge in [-0.3, -0.25) is 0 Å². The Bertz CT molecular complexity index is 840. The van der Waals surface area contributed by atoms with E-state index in [0.717, 1.165) is 12.8 Å². The van der Waals surface area contributed by atoms with Crippen molar-refractivity contribution in [3.63, 3.8) is 0 Å². The van der Waals surface area contributed by atoms with E-state index in [0.29, 0.717) is 31.1 Å². The van der Waals surface area contributed by atoms with Gasteiger partial charge in [-0.15, -0.1) is 0 Å². The average molecular weight is 390 g/mol. The molecular formula is C23H25F3O2. The smallest absolute Gasteiger partial charge is 0.201 e. The molecule has 1 aliphatic rings. The van der Waals surface area contributed by atoms with Crippen molar-refractivity contribution >= 4 is 0 Å². The van der Waals surface area contributed by atoms with Crippen LogP contribution in [-0.4, -0.2) is 13.2 Å². The summed E-state index contributed by atoms with van der Waals surface area (Å²) in [6, 6.07) is 7.23. The van der Waals surface area contributed by atoms with Gasteiger partial charge in [0.15, 0.2) is 11.6 Å². The summed E-state index contributed by atoms with van der Waals surface area (Å²) in [5.74, 6) is -2.34. The molecule has 0 amide bonds. The molecule has 0 radical (unpaired) electrons. The Labute approximate surface area is 164 Å². The second kappa shape index (κ2) is 9.28. The van der Waals surface area contributed by atoms with Gasteiger partial charge in [-0.2, -0.15) is 4.39 Å². The van der Waals surface area contributed by atoms with E-state index in [-0.39, 0.29) is 23.0 Å². The van der Waals surface area contributed by atoms with Crippen molar-refractivity contribution in [1.29, 1.82) is 0 Å². The van der Waals surface area contributed by atoms with Gasteiger partial charge in [0.25, 0.3) is 0 Å². The molecule has 28 heavy (non-hydrogen) atoms. The summed E-state index contributed by atoms with van der Waals surface area (Å²) < 4.78 is 54.4. The molecule has 0 saturated carbocycles. The molecule has 0 bridgehead atoms. The molecule has 1 aliphatic heterocycles. The van der Waals surface area contributed by atoms with Crippen LogP contribution in [0.2, 0.25) is 0 Å². The first kappa shape index (κ1) is 20.5. The molecule has 2 aromatic rings. The Kier molecular flexibility index (Phi) is 6.79. The van der Waals surface area contributed by atoms with E-state index in [1.54, 1.807) is 12.1 Å². The third kappa shape index (κ3) is 4.41. The quantitative estimate of drug-likeness (QED) is 0.517. The molecule has 1 heterocycles. The summed E-state index contributed by atoms with van der Waals surface area (Å²) in [5.41, 5.74) is 0.734. The highest BCUT2D eigenvalue weighted by Crippen LogP contribution is 2.35. The van der Waals surface area contributed by atoms with E-state index < -0.39 is 17.5 Å². The van der Waals surface area contributed by atoms with Crippen LogP contribution in [0.5, 0.6) is 5.75 Å². The molecule has 1 fully saturated rings. The molecule has 2 atom stereocenters. The molecule has 0 aromatic heterocycles. The van der Waals surface area contributed by atoms with Crippen LogP contribution in [0, 0.1) is 23.4 Å². The van der Waals surface area contributed by atoms with Crippen LogP contribution in [0.1, 0.15) is 44.8 Å². The lowest BCUT2D eigenvalue weighted by Crippen LogP contribution is -2.20. The van der Waals surface area contributed by atoms with Crippen molar-refractivity contribution in [3.8, 4) is 16.9 Å². The van der Waals surface area contributed by atoms with E-state index in [1.165, 1.54) is 18.2 Å². The number of benzene rings is 2. The fourth-order valence-electron chi connectivity index (χ4n) is 3.48. The summed E-state index contributed by atoms with van der Waals surface area (Å²) in [7, 11) is 0. The number of hydrogen-bond donors (Lipinski definition) is 0. The molecule has 1 saturated heterocycles. The molecule has 2 unspecified atom stereocenters. The van der Waals surface area contributed by atoms with Gasteiger partial charge in [-0.1, -0.05) is 31.2 Å². The number of hydrogen-bond acceptors (Lipinski definition) is 2. The summed E-state index contributed by atoms with van der Waals surface area (Å²) >= 11 is 0. The summed E-state index contributed by atoms with van der Waals surface area (Å²) in [5, 5.41) is 0. The maximum absolute atomic E-state index is 14.7. The van der Waals surface area contributed by atoms with Gasteiger partial charge in [-0.25, -0.2) is 8.78 Å². The minimum absolute atomic E-state index is 0.00417. The van der Waals surface area contributed by atoms with Crippen molar-refractivity contribution in [2.24, 2.45) is 5.92 Å². The monoisotopic (exact) mass is 390 g/mol. The second-order valence-corrected chi connectivity index (χ2v) is 7.01. The number of halogens is 3. The SMILES string of the molecule is C/C=C/C1CCC(c2ccc(-c3ccc(OCCC)c(F)c3F)cc2F)OC1.